The Morgan fingerprint density at radius 1 is 1.16 bits per heavy atom. The summed E-state index contributed by atoms with van der Waals surface area (Å²) < 4.78 is 4.66. The molecule has 0 saturated heterocycles. The molecular formula is C15H20O3S. The van der Waals surface area contributed by atoms with Crippen molar-refractivity contribution >= 4 is 22.8 Å². The van der Waals surface area contributed by atoms with Crippen molar-refractivity contribution in [3.63, 3.8) is 0 Å². The molecular weight excluding hydrogens is 260 g/mol. The van der Waals surface area contributed by atoms with Gasteiger partial charge in [-0.25, -0.2) is 0 Å². The monoisotopic (exact) mass is 280 g/mol. The average Bonchev–Trinajstić information content (AvgIpc) is 2.44. The molecule has 0 aromatic heterocycles. The van der Waals surface area contributed by atoms with Crippen LogP contribution < -0.4 is 0 Å². The van der Waals surface area contributed by atoms with Crippen LogP contribution in [0.25, 0.3) is 0 Å². The number of rotatable bonds is 6. The highest BCUT2D eigenvalue weighted by molar-refractivity contribution is 8.13. The van der Waals surface area contributed by atoms with Crippen molar-refractivity contribution in [3.8, 4) is 0 Å². The van der Waals surface area contributed by atoms with E-state index >= 15 is 0 Å². The highest BCUT2D eigenvalue weighted by atomic mass is 32.2. The minimum atomic E-state index is -0.257. The van der Waals surface area contributed by atoms with Crippen LogP contribution in [0.5, 0.6) is 0 Å². The minimum absolute atomic E-state index is 0.125. The summed E-state index contributed by atoms with van der Waals surface area (Å²) in [6, 6.07) is 9.88. The van der Waals surface area contributed by atoms with Crippen LogP contribution in [-0.4, -0.2) is 18.2 Å². The van der Waals surface area contributed by atoms with Crippen molar-refractivity contribution in [1.29, 1.82) is 0 Å². The van der Waals surface area contributed by atoms with Gasteiger partial charge in [0.2, 0.25) is 0 Å². The highest BCUT2D eigenvalue weighted by Crippen LogP contribution is 2.22. The first-order valence-corrected chi connectivity index (χ1v) is 7.31. The third-order valence-electron chi connectivity index (χ3n) is 2.94. The van der Waals surface area contributed by atoms with Crippen molar-refractivity contribution in [2.45, 2.75) is 26.0 Å². The normalized spacial score (nSPS) is 13.6. The summed E-state index contributed by atoms with van der Waals surface area (Å²) in [5.74, 6) is 0.0492. The maximum Gasteiger partial charge on any atom is 0.308 e. The number of hydrogen-bond donors (Lipinski definition) is 0. The van der Waals surface area contributed by atoms with Gasteiger partial charge in [0.1, 0.15) is 0 Å². The van der Waals surface area contributed by atoms with Crippen LogP contribution in [0.15, 0.2) is 30.3 Å². The zero-order chi connectivity index (χ0) is 14.3. The Balaban J connectivity index is 2.39. The van der Waals surface area contributed by atoms with E-state index in [1.54, 1.807) is 6.92 Å². The van der Waals surface area contributed by atoms with E-state index in [1.807, 2.05) is 37.3 Å². The van der Waals surface area contributed by atoms with E-state index in [9.17, 15) is 9.59 Å². The quantitative estimate of drug-likeness (QED) is 0.750. The van der Waals surface area contributed by atoms with Gasteiger partial charge in [0.15, 0.2) is 5.12 Å². The van der Waals surface area contributed by atoms with Gasteiger partial charge in [0.05, 0.1) is 13.0 Å². The molecule has 1 aromatic carbocycles. The standard InChI is InChI=1S/C15H20O3S/c1-11(14(16)18-3)9-12(2)15(17)19-10-13-7-5-4-6-8-13/h4-8,11-12H,9-10H2,1-3H3/t11-,12+/m0/s1. The Morgan fingerprint density at radius 2 is 1.79 bits per heavy atom. The Bertz CT molecular complexity index is 417. The first-order valence-electron chi connectivity index (χ1n) is 6.33. The Hall–Kier alpha value is -1.29. The Labute approximate surface area is 118 Å². The van der Waals surface area contributed by atoms with Gasteiger partial charge in [-0.3, -0.25) is 9.59 Å². The lowest BCUT2D eigenvalue weighted by Crippen LogP contribution is -2.19. The van der Waals surface area contributed by atoms with Crippen molar-refractivity contribution in [1.82, 2.24) is 0 Å². The van der Waals surface area contributed by atoms with Gasteiger partial charge in [-0.05, 0) is 12.0 Å². The Kier molecular flexibility index (Phi) is 6.64. The molecule has 0 unspecified atom stereocenters. The first-order chi connectivity index (χ1) is 9.04. The van der Waals surface area contributed by atoms with Crippen molar-refractivity contribution in [3.05, 3.63) is 35.9 Å². The summed E-state index contributed by atoms with van der Waals surface area (Å²) in [5, 5.41) is 0.125. The fraction of sp³-hybridized carbons (Fsp3) is 0.467. The molecule has 0 bridgehead atoms. The molecule has 0 N–H and O–H groups in total. The van der Waals surface area contributed by atoms with Crippen LogP contribution in [-0.2, 0) is 20.1 Å². The SMILES string of the molecule is COC(=O)[C@@H](C)C[C@@H](C)C(=O)SCc1ccccc1. The molecule has 0 heterocycles. The van der Waals surface area contributed by atoms with E-state index in [-0.39, 0.29) is 22.9 Å². The number of esters is 1. The average molecular weight is 280 g/mol. The van der Waals surface area contributed by atoms with Crippen LogP contribution in [0, 0.1) is 11.8 Å². The predicted molar refractivity (Wildman–Crippen MR) is 77.7 cm³/mol. The molecule has 0 aliphatic carbocycles. The molecule has 0 fully saturated rings. The highest BCUT2D eigenvalue weighted by Gasteiger charge is 2.21. The van der Waals surface area contributed by atoms with Gasteiger partial charge in [0.25, 0.3) is 0 Å². The van der Waals surface area contributed by atoms with E-state index < -0.39 is 0 Å². The van der Waals surface area contributed by atoms with Crippen LogP contribution in [0.4, 0.5) is 0 Å². The molecule has 0 aliphatic heterocycles. The molecule has 0 amide bonds. The summed E-state index contributed by atoms with van der Waals surface area (Å²) in [4.78, 5) is 23.3. The largest absolute Gasteiger partial charge is 0.469 e. The smallest absolute Gasteiger partial charge is 0.308 e. The first kappa shape index (κ1) is 15.8. The zero-order valence-electron chi connectivity index (χ0n) is 11.6. The zero-order valence-corrected chi connectivity index (χ0v) is 12.4. The molecule has 19 heavy (non-hydrogen) atoms. The fourth-order valence-corrected chi connectivity index (χ4v) is 2.68. The van der Waals surface area contributed by atoms with Crippen LogP contribution >= 0.6 is 11.8 Å². The lowest BCUT2D eigenvalue weighted by atomic mass is 9.98. The Morgan fingerprint density at radius 3 is 2.37 bits per heavy atom. The number of carbonyl (C=O) groups is 2. The number of carbonyl (C=O) groups excluding carboxylic acids is 2. The van der Waals surface area contributed by atoms with Gasteiger partial charge in [-0.1, -0.05) is 55.9 Å². The fourth-order valence-electron chi connectivity index (χ4n) is 1.79. The van der Waals surface area contributed by atoms with Gasteiger partial charge in [-0.15, -0.1) is 0 Å². The third kappa shape index (κ3) is 5.47. The number of methoxy groups -OCH3 is 1. The lowest BCUT2D eigenvalue weighted by molar-refractivity contribution is -0.145. The second kappa shape index (κ2) is 8.00. The molecule has 3 nitrogen and oxygen atoms in total. The molecule has 104 valence electrons. The maximum absolute atomic E-state index is 12.0. The van der Waals surface area contributed by atoms with Crippen molar-refractivity contribution < 1.29 is 14.3 Å². The summed E-state index contributed by atoms with van der Waals surface area (Å²) >= 11 is 1.31. The summed E-state index contributed by atoms with van der Waals surface area (Å²) in [7, 11) is 1.37. The van der Waals surface area contributed by atoms with Gasteiger partial charge in [0, 0.05) is 11.7 Å². The summed E-state index contributed by atoms with van der Waals surface area (Å²) in [5.41, 5.74) is 1.13. The van der Waals surface area contributed by atoms with Crippen molar-refractivity contribution in [2.24, 2.45) is 11.8 Å². The number of hydrogen-bond acceptors (Lipinski definition) is 4. The van der Waals surface area contributed by atoms with Gasteiger partial charge in [-0.2, -0.15) is 0 Å². The van der Waals surface area contributed by atoms with E-state index in [4.69, 9.17) is 0 Å². The number of ether oxygens (including phenoxy) is 1. The number of benzene rings is 1. The van der Waals surface area contributed by atoms with Crippen LogP contribution in [0.1, 0.15) is 25.8 Å². The van der Waals surface area contributed by atoms with Crippen molar-refractivity contribution in [2.75, 3.05) is 7.11 Å². The van der Waals surface area contributed by atoms with E-state index in [0.717, 1.165) is 5.56 Å². The summed E-state index contributed by atoms with van der Waals surface area (Å²) in [6.45, 7) is 3.65. The summed E-state index contributed by atoms with van der Waals surface area (Å²) in [6.07, 6.45) is 0.535. The molecule has 0 aliphatic rings. The third-order valence-corrected chi connectivity index (χ3v) is 4.10. The van der Waals surface area contributed by atoms with E-state index in [0.29, 0.717) is 12.2 Å². The lowest BCUT2D eigenvalue weighted by Gasteiger charge is -2.14. The number of thioether (sulfide) groups is 1. The molecule has 0 radical (unpaired) electrons. The molecule has 1 rings (SSSR count). The minimum Gasteiger partial charge on any atom is -0.469 e. The molecule has 0 spiro atoms. The van der Waals surface area contributed by atoms with E-state index in [1.165, 1.54) is 18.9 Å². The predicted octanol–water partition coefficient (Wildman–Crippen LogP) is 3.28. The maximum atomic E-state index is 12.0. The van der Waals surface area contributed by atoms with Gasteiger partial charge >= 0.3 is 5.97 Å². The second-order valence-corrected chi connectivity index (χ2v) is 5.63. The van der Waals surface area contributed by atoms with Gasteiger partial charge < -0.3 is 4.74 Å². The molecule has 1 aromatic rings. The molecule has 2 atom stereocenters. The topological polar surface area (TPSA) is 43.4 Å². The van der Waals surface area contributed by atoms with Crippen LogP contribution in [0.2, 0.25) is 0 Å². The second-order valence-electron chi connectivity index (χ2n) is 4.65. The van der Waals surface area contributed by atoms with E-state index in [2.05, 4.69) is 4.74 Å². The van der Waals surface area contributed by atoms with Crippen LogP contribution in [0.3, 0.4) is 0 Å². The molecule has 0 saturated carbocycles. The molecule has 4 heteroatoms.